The lowest BCUT2D eigenvalue weighted by Gasteiger charge is -2.14. The molecule has 0 aliphatic rings. The van der Waals surface area contributed by atoms with Crippen molar-refractivity contribution in [2.24, 2.45) is 0 Å². The number of fused-ring (bicyclic) bond motifs is 1. The van der Waals surface area contributed by atoms with E-state index in [2.05, 4.69) is 10.2 Å². The standard InChI is InChI=1S/C15H14FN3O2/c1-9-12-5-11(16)3-4-13(12)21-14(9)15(20)19(2)8-10-6-17-18-7-10/h3-7H,8H2,1-2H3,(H,17,18). The number of halogens is 1. The van der Waals surface area contributed by atoms with E-state index in [0.29, 0.717) is 23.1 Å². The van der Waals surface area contributed by atoms with E-state index in [1.54, 1.807) is 26.4 Å². The van der Waals surface area contributed by atoms with Gasteiger partial charge < -0.3 is 9.32 Å². The van der Waals surface area contributed by atoms with Crippen LogP contribution in [0.1, 0.15) is 21.7 Å². The molecule has 0 saturated carbocycles. The first-order chi connectivity index (χ1) is 10.1. The van der Waals surface area contributed by atoms with Crippen LogP contribution in [0.4, 0.5) is 4.39 Å². The van der Waals surface area contributed by atoms with Gasteiger partial charge in [0, 0.05) is 36.3 Å². The first kappa shape index (κ1) is 13.4. The van der Waals surface area contributed by atoms with Crippen LogP contribution in [0.2, 0.25) is 0 Å². The predicted octanol–water partition coefficient (Wildman–Crippen LogP) is 2.88. The fourth-order valence-corrected chi connectivity index (χ4v) is 2.28. The summed E-state index contributed by atoms with van der Waals surface area (Å²) >= 11 is 0. The molecule has 0 aliphatic carbocycles. The summed E-state index contributed by atoms with van der Waals surface area (Å²) < 4.78 is 18.9. The Balaban J connectivity index is 1.92. The normalized spacial score (nSPS) is 11.0. The second kappa shape index (κ2) is 5.05. The van der Waals surface area contributed by atoms with Crippen molar-refractivity contribution in [3.05, 3.63) is 53.3 Å². The number of carbonyl (C=O) groups excluding carboxylic acids is 1. The van der Waals surface area contributed by atoms with Crippen LogP contribution < -0.4 is 0 Å². The molecule has 0 unspecified atom stereocenters. The molecule has 0 atom stereocenters. The lowest BCUT2D eigenvalue weighted by molar-refractivity contribution is 0.0755. The molecule has 108 valence electrons. The van der Waals surface area contributed by atoms with Gasteiger partial charge in [0.1, 0.15) is 11.4 Å². The molecule has 3 rings (SSSR count). The summed E-state index contributed by atoms with van der Waals surface area (Å²) in [7, 11) is 1.68. The molecule has 1 N–H and O–H groups in total. The summed E-state index contributed by atoms with van der Waals surface area (Å²) in [6, 6.07) is 4.22. The number of aromatic nitrogens is 2. The zero-order valence-corrected chi connectivity index (χ0v) is 11.7. The van der Waals surface area contributed by atoms with Crippen LogP contribution in [0.25, 0.3) is 11.0 Å². The van der Waals surface area contributed by atoms with Crippen LogP contribution in [0.5, 0.6) is 0 Å². The molecule has 5 nitrogen and oxygen atoms in total. The van der Waals surface area contributed by atoms with Crippen LogP contribution >= 0.6 is 0 Å². The highest BCUT2D eigenvalue weighted by Crippen LogP contribution is 2.27. The number of hydrogen-bond acceptors (Lipinski definition) is 3. The predicted molar refractivity (Wildman–Crippen MR) is 75.3 cm³/mol. The molecule has 2 heterocycles. The van der Waals surface area contributed by atoms with E-state index < -0.39 is 0 Å². The SMILES string of the molecule is Cc1c(C(=O)N(C)Cc2cn[nH]c2)oc2ccc(F)cc12. The van der Waals surface area contributed by atoms with Gasteiger partial charge in [-0.25, -0.2) is 4.39 Å². The number of aromatic amines is 1. The van der Waals surface area contributed by atoms with Gasteiger partial charge in [0.2, 0.25) is 0 Å². The molecule has 1 aromatic carbocycles. The summed E-state index contributed by atoms with van der Waals surface area (Å²) in [6.45, 7) is 2.17. The first-order valence-electron chi connectivity index (χ1n) is 6.48. The van der Waals surface area contributed by atoms with Crippen molar-refractivity contribution in [2.75, 3.05) is 7.05 Å². The lowest BCUT2D eigenvalue weighted by atomic mass is 10.1. The maximum atomic E-state index is 13.3. The van der Waals surface area contributed by atoms with Crippen molar-refractivity contribution >= 4 is 16.9 Å². The molecule has 0 aliphatic heterocycles. The van der Waals surface area contributed by atoms with Gasteiger partial charge in [-0.1, -0.05) is 0 Å². The van der Waals surface area contributed by atoms with Crippen LogP contribution in [0.3, 0.4) is 0 Å². The van der Waals surface area contributed by atoms with E-state index in [1.165, 1.54) is 23.1 Å². The smallest absolute Gasteiger partial charge is 0.289 e. The third-order valence-electron chi connectivity index (χ3n) is 3.41. The van der Waals surface area contributed by atoms with Gasteiger partial charge in [0.25, 0.3) is 5.91 Å². The molecule has 0 spiro atoms. The van der Waals surface area contributed by atoms with Crippen molar-refractivity contribution in [1.82, 2.24) is 15.1 Å². The van der Waals surface area contributed by atoms with Gasteiger partial charge in [0.15, 0.2) is 5.76 Å². The summed E-state index contributed by atoms with van der Waals surface area (Å²) in [4.78, 5) is 14.0. The third-order valence-corrected chi connectivity index (χ3v) is 3.41. The topological polar surface area (TPSA) is 62.1 Å². The second-order valence-corrected chi connectivity index (χ2v) is 4.96. The Bertz CT molecular complexity index is 793. The van der Waals surface area contributed by atoms with Gasteiger partial charge in [-0.05, 0) is 25.1 Å². The van der Waals surface area contributed by atoms with Gasteiger partial charge >= 0.3 is 0 Å². The van der Waals surface area contributed by atoms with Crippen molar-refractivity contribution < 1.29 is 13.6 Å². The van der Waals surface area contributed by atoms with Crippen LogP contribution in [-0.4, -0.2) is 28.1 Å². The van der Waals surface area contributed by atoms with Crippen molar-refractivity contribution in [1.29, 1.82) is 0 Å². The number of benzene rings is 1. The molecule has 1 amide bonds. The van der Waals surface area contributed by atoms with E-state index in [9.17, 15) is 9.18 Å². The number of carbonyl (C=O) groups is 1. The maximum absolute atomic E-state index is 13.3. The van der Waals surface area contributed by atoms with Gasteiger partial charge in [-0.15, -0.1) is 0 Å². The highest BCUT2D eigenvalue weighted by molar-refractivity contribution is 5.98. The zero-order valence-electron chi connectivity index (χ0n) is 11.7. The number of furan rings is 1. The highest BCUT2D eigenvalue weighted by Gasteiger charge is 2.21. The molecule has 21 heavy (non-hydrogen) atoms. The Labute approximate surface area is 120 Å². The molecule has 3 aromatic rings. The van der Waals surface area contributed by atoms with Crippen LogP contribution in [0, 0.1) is 12.7 Å². The number of nitrogens with zero attached hydrogens (tertiary/aromatic N) is 2. The Hall–Kier alpha value is -2.63. The molecule has 2 aromatic heterocycles. The molecule has 6 heteroatoms. The minimum atomic E-state index is -0.350. The highest BCUT2D eigenvalue weighted by atomic mass is 19.1. The third kappa shape index (κ3) is 2.40. The van der Waals surface area contributed by atoms with Gasteiger partial charge in [-0.3, -0.25) is 9.89 Å². The monoisotopic (exact) mass is 287 g/mol. The Morgan fingerprint density at radius 2 is 2.29 bits per heavy atom. The van der Waals surface area contributed by atoms with E-state index >= 15 is 0 Å². The average molecular weight is 287 g/mol. The maximum Gasteiger partial charge on any atom is 0.289 e. The van der Waals surface area contributed by atoms with Crippen molar-refractivity contribution in [3.63, 3.8) is 0 Å². The van der Waals surface area contributed by atoms with E-state index in [4.69, 9.17) is 4.42 Å². The molecular weight excluding hydrogens is 273 g/mol. The molecule has 0 saturated heterocycles. The fraction of sp³-hybridized carbons (Fsp3) is 0.200. The Morgan fingerprint density at radius 1 is 1.48 bits per heavy atom. The van der Waals surface area contributed by atoms with Gasteiger partial charge in [0.05, 0.1) is 6.20 Å². The Morgan fingerprint density at radius 3 is 3.00 bits per heavy atom. The molecule has 0 fully saturated rings. The molecule has 0 radical (unpaired) electrons. The Kier molecular flexibility index (Phi) is 3.21. The minimum Gasteiger partial charge on any atom is -0.451 e. The minimum absolute atomic E-state index is 0.238. The van der Waals surface area contributed by atoms with Gasteiger partial charge in [-0.2, -0.15) is 5.10 Å². The summed E-state index contributed by atoms with van der Waals surface area (Å²) in [5, 5.41) is 7.16. The number of hydrogen-bond donors (Lipinski definition) is 1. The number of nitrogens with one attached hydrogen (secondary N) is 1. The fourth-order valence-electron chi connectivity index (χ4n) is 2.28. The van der Waals surface area contributed by atoms with Crippen molar-refractivity contribution in [2.45, 2.75) is 13.5 Å². The van der Waals surface area contributed by atoms with Crippen LogP contribution in [0.15, 0.2) is 35.0 Å². The average Bonchev–Trinajstić information content (AvgIpc) is 3.07. The number of rotatable bonds is 3. The van der Waals surface area contributed by atoms with E-state index in [0.717, 1.165) is 5.56 Å². The summed E-state index contributed by atoms with van der Waals surface area (Å²) in [6.07, 6.45) is 3.38. The van der Waals surface area contributed by atoms with E-state index in [-0.39, 0.29) is 17.5 Å². The molecular formula is C15H14FN3O2. The first-order valence-corrected chi connectivity index (χ1v) is 6.48. The largest absolute Gasteiger partial charge is 0.451 e. The summed E-state index contributed by atoms with van der Waals surface area (Å²) in [5.41, 5.74) is 2.05. The number of amides is 1. The second-order valence-electron chi connectivity index (χ2n) is 4.96. The summed E-state index contributed by atoms with van der Waals surface area (Å²) in [5.74, 6) is -0.357. The van der Waals surface area contributed by atoms with Crippen molar-refractivity contribution in [3.8, 4) is 0 Å². The number of aryl methyl sites for hydroxylation is 1. The zero-order chi connectivity index (χ0) is 15.0. The lowest BCUT2D eigenvalue weighted by Crippen LogP contribution is -2.26. The van der Waals surface area contributed by atoms with E-state index in [1.807, 2.05) is 0 Å². The van der Waals surface area contributed by atoms with Crippen LogP contribution in [-0.2, 0) is 6.54 Å². The molecule has 0 bridgehead atoms. The number of H-pyrrole nitrogens is 1. The quantitative estimate of drug-likeness (QED) is 0.805.